The topological polar surface area (TPSA) is 6.48 Å². The second-order valence-corrected chi connectivity index (χ2v) is 19.4. The van der Waals surface area contributed by atoms with Crippen molar-refractivity contribution in [1.82, 2.24) is 8.95 Å². The number of hydrogen-bond acceptors (Lipinski definition) is 2. The quantitative estimate of drug-likeness (QED) is 0.686. The molecule has 0 rings (SSSR count). The maximum Gasteiger partial charge on any atom is 0.508 e. The largest absolute Gasteiger partial charge is 0.508 e. The molecule has 2 nitrogen and oxygen atoms in total. The van der Waals surface area contributed by atoms with Gasteiger partial charge >= 0.3 is 7.26 Å². The number of hydrogen-bond donors (Lipinski definition) is 0. The molecule has 0 fully saturated rings. The molecule has 0 amide bonds. The van der Waals surface area contributed by atoms with Crippen molar-refractivity contribution in [2.24, 2.45) is 0 Å². The highest BCUT2D eigenvalue weighted by atomic mass is 28.3. The highest BCUT2D eigenvalue weighted by Gasteiger charge is 2.51. The van der Waals surface area contributed by atoms with E-state index in [1.807, 2.05) is 0 Å². The third-order valence-electron chi connectivity index (χ3n) is 3.32. The molecule has 6 heteroatoms. The first-order chi connectivity index (χ1) is 8.40. The van der Waals surface area contributed by atoms with Crippen LogP contribution in [0.25, 0.3) is 0 Å². The van der Waals surface area contributed by atoms with Crippen LogP contribution in [0.1, 0.15) is 41.5 Å². The third kappa shape index (κ3) is 5.28. The van der Waals surface area contributed by atoms with E-state index in [1.165, 1.54) is 0 Å². The molecule has 0 saturated heterocycles. The van der Waals surface area contributed by atoms with Crippen LogP contribution in [0, 0.1) is 0 Å². The summed E-state index contributed by atoms with van der Waals surface area (Å²) in [7, 11) is -4.54. The van der Waals surface area contributed by atoms with Gasteiger partial charge in [0.05, 0.1) is 0 Å². The Balaban J connectivity index is 5.81. The zero-order chi connectivity index (χ0) is 16.7. The molecule has 0 aromatic carbocycles. The molecular formula is C14H36BFN2Si2. The highest BCUT2D eigenvalue weighted by molar-refractivity contribution is 6.87. The van der Waals surface area contributed by atoms with Crippen molar-refractivity contribution >= 4 is 23.7 Å². The van der Waals surface area contributed by atoms with E-state index in [2.05, 4.69) is 89.8 Å². The van der Waals surface area contributed by atoms with Gasteiger partial charge in [-0.1, -0.05) is 39.3 Å². The van der Waals surface area contributed by atoms with Crippen molar-refractivity contribution < 1.29 is 4.32 Å². The zero-order valence-electron chi connectivity index (χ0n) is 15.8. The van der Waals surface area contributed by atoms with E-state index in [0.717, 1.165) is 0 Å². The van der Waals surface area contributed by atoms with Gasteiger partial charge in [0.2, 0.25) is 0 Å². The first-order valence-corrected chi connectivity index (χ1v) is 14.5. The molecule has 0 aromatic heterocycles. The van der Waals surface area contributed by atoms with Crippen LogP contribution in [-0.4, -0.2) is 43.8 Å². The number of halogens is 1. The smallest absolute Gasteiger partial charge is 0.317 e. The summed E-state index contributed by atoms with van der Waals surface area (Å²) in [6, 6.07) is 0. The van der Waals surface area contributed by atoms with E-state index in [9.17, 15) is 0 Å². The minimum Gasteiger partial charge on any atom is -0.317 e. The summed E-state index contributed by atoms with van der Waals surface area (Å²) in [5.41, 5.74) is -0.319. The zero-order valence-corrected chi connectivity index (χ0v) is 17.8. The molecule has 0 N–H and O–H groups in total. The van der Waals surface area contributed by atoms with Gasteiger partial charge in [-0.2, -0.15) is 0 Å². The van der Waals surface area contributed by atoms with Gasteiger partial charge in [0.15, 0.2) is 0 Å². The average Bonchev–Trinajstić information content (AvgIpc) is 1.88. The summed E-state index contributed by atoms with van der Waals surface area (Å²) in [6.45, 7) is 26.2. The Labute approximate surface area is 129 Å². The lowest BCUT2D eigenvalue weighted by atomic mass is 9.91. The van der Waals surface area contributed by atoms with Gasteiger partial charge in [-0.05, 0) is 52.6 Å². The SMILES string of the molecule is CC(C)(C)N(B(F)N(C(C)(C)C)[Si](C)(C)C)[Si](C)(C)C. The average molecular weight is 318 g/mol. The summed E-state index contributed by atoms with van der Waals surface area (Å²) in [5, 5.41) is 0. The summed E-state index contributed by atoms with van der Waals surface area (Å²) >= 11 is 0. The van der Waals surface area contributed by atoms with E-state index in [4.69, 9.17) is 0 Å². The highest BCUT2D eigenvalue weighted by Crippen LogP contribution is 2.32. The van der Waals surface area contributed by atoms with Crippen LogP contribution < -0.4 is 0 Å². The van der Waals surface area contributed by atoms with E-state index < -0.39 is 23.7 Å². The second kappa shape index (κ2) is 5.86. The predicted octanol–water partition coefficient (Wildman–Crippen LogP) is 4.81. The number of nitrogens with zero attached hydrogens (tertiary/aromatic N) is 2. The summed E-state index contributed by atoms with van der Waals surface area (Å²) in [5.74, 6) is 0. The lowest BCUT2D eigenvalue weighted by Crippen LogP contribution is -2.73. The molecule has 0 aliphatic heterocycles. The molecule has 0 unspecified atom stereocenters. The molecule has 0 aliphatic carbocycles. The second-order valence-electron chi connectivity index (χ2n) is 9.73. The van der Waals surface area contributed by atoms with Crippen LogP contribution >= 0.6 is 0 Å². The van der Waals surface area contributed by atoms with Crippen molar-refractivity contribution in [1.29, 1.82) is 0 Å². The normalized spacial score (nSPS) is 15.2. The monoisotopic (exact) mass is 318 g/mol. The van der Waals surface area contributed by atoms with Crippen LogP contribution in [0.2, 0.25) is 39.3 Å². The van der Waals surface area contributed by atoms with Gasteiger partial charge in [-0.15, -0.1) is 0 Å². The molecule has 0 aromatic rings. The fourth-order valence-corrected chi connectivity index (χ4v) is 9.06. The van der Waals surface area contributed by atoms with Gasteiger partial charge in [0.1, 0.15) is 16.5 Å². The van der Waals surface area contributed by atoms with Crippen LogP contribution in [0.15, 0.2) is 0 Å². The Morgan fingerprint density at radius 2 is 0.850 bits per heavy atom. The van der Waals surface area contributed by atoms with Gasteiger partial charge in [0.25, 0.3) is 0 Å². The Morgan fingerprint density at radius 1 is 0.650 bits per heavy atom. The standard InChI is InChI=1S/C14H36BFN2Si2/c1-13(2,3)17(19(7,8)9)15(16)18(14(4,5)6)20(10,11)12/h1-12H3. The van der Waals surface area contributed by atoms with Crippen molar-refractivity contribution in [3.05, 3.63) is 0 Å². The van der Waals surface area contributed by atoms with Crippen molar-refractivity contribution in [3.8, 4) is 0 Å². The predicted molar refractivity (Wildman–Crippen MR) is 96.7 cm³/mol. The molecule has 0 spiro atoms. The molecule has 0 atom stereocenters. The molecule has 0 radical (unpaired) electrons. The summed E-state index contributed by atoms with van der Waals surface area (Å²) < 4.78 is 19.9. The van der Waals surface area contributed by atoms with E-state index in [1.54, 1.807) is 0 Å². The Hall–Kier alpha value is 0.349. The maximum atomic E-state index is 15.6. The van der Waals surface area contributed by atoms with Crippen molar-refractivity contribution in [3.63, 3.8) is 0 Å². The maximum absolute atomic E-state index is 15.6. The molecule has 0 bridgehead atoms. The molecule has 120 valence electrons. The molecule has 0 heterocycles. The van der Waals surface area contributed by atoms with Gasteiger partial charge in [-0.3, -0.25) is 4.32 Å². The Bertz CT molecular complexity index is 264. The lowest BCUT2D eigenvalue weighted by molar-refractivity contribution is 0.262. The first-order valence-electron chi connectivity index (χ1n) is 7.63. The Kier molecular flexibility index (Phi) is 5.96. The van der Waals surface area contributed by atoms with Gasteiger partial charge in [0, 0.05) is 0 Å². The molecule has 0 aliphatic rings. The Morgan fingerprint density at radius 3 is 0.950 bits per heavy atom. The summed E-state index contributed by atoms with van der Waals surface area (Å²) in [4.78, 5) is 0. The molecule has 0 saturated carbocycles. The van der Waals surface area contributed by atoms with E-state index >= 15 is 4.32 Å². The lowest BCUT2D eigenvalue weighted by Gasteiger charge is -2.53. The third-order valence-corrected chi connectivity index (χ3v) is 7.98. The van der Waals surface area contributed by atoms with Gasteiger partial charge in [-0.25, -0.2) is 0 Å². The van der Waals surface area contributed by atoms with E-state index in [-0.39, 0.29) is 11.1 Å². The summed E-state index contributed by atoms with van der Waals surface area (Å²) in [6.07, 6.45) is 0. The van der Waals surface area contributed by atoms with Crippen LogP contribution in [-0.2, 0) is 0 Å². The van der Waals surface area contributed by atoms with Crippen molar-refractivity contribution in [2.45, 2.75) is 91.9 Å². The fourth-order valence-electron chi connectivity index (χ4n) is 3.41. The number of rotatable bonds is 4. The van der Waals surface area contributed by atoms with Crippen molar-refractivity contribution in [2.75, 3.05) is 0 Å². The minimum absolute atomic E-state index is 0.160. The van der Waals surface area contributed by atoms with Crippen LogP contribution in [0.5, 0.6) is 0 Å². The van der Waals surface area contributed by atoms with E-state index in [0.29, 0.717) is 0 Å². The molecular weight excluding hydrogens is 282 g/mol. The van der Waals surface area contributed by atoms with Crippen LogP contribution in [0.3, 0.4) is 0 Å². The minimum atomic E-state index is -1.77. The molecule has 20 heavy (non-hydrogen) atoms. The fraction of sp³-hybridized carbons (Fsp3) is 1.00. The first kappa shape index (κ1) is 20.3. The van der Waals surface area contributed by atoms with Crippen LogP contribution in [0.4, 0.5) is 4.32 Å². The van der Waals surface area contributed by atoms with Gasteiger partial charge < -0.3 is 8.95 Å².